The van der Waals surface area contributed by atoms with Crippen LogP contribution in [0.3, 0.4) is 0 Å². The van der Waals surface area contributed by atoms with Crippen LogP contribution >= 0.6 is 22.7 Å². The summed E-state index contributed by atoms with van der Waals surface area (Å²) in [5.74, 6) is 0. The third kappa shape index (κ3) is 3.76. The van der Waals surface area contributed by atoms with Crippen molar-refractivity contribution in [3.05, 3.63) is 38.0 Å². The van der Waals surface area contributed by atoms with E-state index < -0.39 is 0 Å². The Labute approximate surface area is 171 Å². The van der Waals surface area contributed by atoms with Gasteiger partial charge in [-0.15, -0.1) is 22.7 Å². The molecule has 0 bridgehead atoms. The highest BCUT2D eigenvalue weighted by Crippen LogP contribution is 2.48. The van der Waals surface area contributed by atoms with Crippen LogP contribution in [-0.4, -0.2) is 35.7 Å². The molecular formula is C22H32N2OS2. The largest absolute Gasteiger partial charge is 0.378 e. The minimum absolute atomic E-state index is 0.0410. The highest BCUT2D eigenvalue weighted by molar-refractivity contribution is 7.11. The number of aromatic nitrogens is 1. The second-order valence-electron chi connectivity index (χ2n) is 8.82. The van der Waals surface area contributed by atoms with E-state index in [1.165, 1.54) is 52.6 Å². The standard InChI is InChI=1S/C22H32N2OS2/c1-16-20(27-17(2)23-16)21(3,4)24-12-11-22(15-24,19-8-5-13-25-19)10-9-18-7-6-14-26-18/h6-7,14,19H,5,8-13,15H2,1-4H3. The molecular weight excluding hydrogens is 372 g/mol. The van der Waals surface area contributed by atoms with E-state index in [2.05, 4.69) is 50.1 Å². The number of nitrogens with zero attached hydrogens (tertiary/aromatic N) is 2. The molecule has 0 radical (unpaired) electrons. The van der Waals surface area contributed by atoms with Gasteiger partial charge in [0, 0.05) is 28.3 Å². The number of thiazole rings is 1. The van der Waals surface area contributed by atoms with Crippen molar-refractivity contribution in [1.82, 2.24) is 9.88 Å². The first kappa shape index (κ1) is 19.6. The Morgan fingerprint density at radius 2 is 2.22 bits per heavy atom. The molecule has 4 rings (SSSR count). The van der Waals surface area contributed by atoms with Crippen LogP contribution in [0.25, 0.3) is 0 Å². The highest BCUT2D eigenvalue weighted by atomic mass is 32.1. The summed E-state index contributed by atoms with van der Waals surface area (Å²) < 4.78 is 6.27. The second-order valence-corrected chi connectivity index (χ2v) is 11.1. The van der Waals surface area contributed by atoms with Gasteiger partial charge in [0.1, 0.15) is 0 Å². The van der Waals surface area contributed by atoms with Gasteiger partial charge in [0.15, 0.2) is 0 Å². The van der Waals surface area contributed by atoms with E-state index in [0.29, 0.717) is 11.5 Å². The molecule has 2 aliphatic rings. The third-order valence-corrected chi connectivity index (χ3v) is 9.02. The molecule has 0 aliphatic carbocycles. The Kier molecular flexibility index (Phi) is 5.49. The number of ether oxygens (including phenoxy) is 1. The van der Waals surface area contributed by atoms with Crippen molar-refractivity contribution in [3.63, 3.8) is 0 Å². The number of hydrogen-bond donors (Lipinski definition) is 0. The highest BCUT2D eigenvalue weighted by Gasteiger charge is 2.49. The van der Waals surface area contributed by atoms with E-state index in [1.54, 1.807) is 0 Å². The van der Waals surface area contributed by atoms with Gasteiger partial charge in [-0.2, -0.15) is 0 Å². The fourth-order valence-corrected chi connectivity index (χ4v) is 6.89. The average Bonchev–Trinajstić information content (AvgIpc) is 3.41. The Morgan fingerprint density at radius 1 is 1.37 bits per heavy atom. The molecule has 2 saturated heterocycles. The monoisotopic (exact) mass is 404 g/mol. The summed E-state index contributed by atoms with van der Waals surface area (Å²) in [6.07, 6.45) is 6.57. The average molecular weight is 405 g/mol. The van der Waals surface area contributed by atoms with E-state index >= 15 is 0 Å². The first-order valence-electron chi connectivity index (χ1n) is 10.2. The fourth-order valence-electron chi connectivity index (χ4n) is 5.13. The van der Waals surface area contributed by atoms with Gasteiger partial charge < -0.3 is 4.74 Å². The van der Waals surface area contributed by atoms with Crippen LogP contribution in [0.1, 0.15) is 60.0 Å². The van der Waals surface area contributed by atoms with Crippen LogP contribution in [0.2, 0.25) is 0 Å². The SMILES string of the molecule is Cc1nc(C)c(C(C)(C)N2CCC(CCc3cccs3)(C3CCCO3)C2)s1. The van der Waals surface area contributed by atoms with Crippen molar-refractivity contribution in [2.75, 3.05) is 19.7 Å². The Bertz CT molecular complexity index is 761. The minimum atomic E-state index is 0.0410. The molecule has 27 heavy (non-hydrogen) atoms. The van der Waals surface area contributed by atoms with Gasteiger partial charge in [-0.25, -0.2) is 4.98 Å². The molecule has 148 valence electrons. The molecule has 2 atom stereocenters. The van der Waals surface area contributed by atoms with Crippen LogP contribution in [0.4, 0.5) is 0 Å². The molecule has 0 spiro atoms. The summed E-state index contributed by atoms with van der Waals surface area (Å²) in [6, 6.07) is 4.46. The Hall–Kier alpha value is -0.750. The van der Waals surface area contributed by atoms with Crippen LogP contribution in [0.5, 0.6) is 0 Å². The minimum Gasteiger partial charge on any atom is -0.378 e. The van der Waals surface area contributed by atoms with E-state index in [0.717, 1.165) is 19.7 Å². The lowest BCUT2D eigenvalue weighted by Gasteiger charge is -2.39. The summed E-state index contributed by atoms with van der Waals surface area (Å²) in [5, 5.41) is 3.38. The van der Waals surface area contributed by atoms with E-state index in [4.69, 9.17) is 9.72 Å². The number of thiophene rings is 1. The predicted octanol–water partition coefficient (Wildman–Crippen LogP) is 5.56. The summed E-state index contributed by atoms with van der Waals surface area (Å²) in [7, 11) is 0. The number of rotatable bonds is 6. The van der Waals surface area contributed by atoms with Gasteiger partial charge in [0.2, 0.25) is 0 Å². The zero-order valence-corrected chi connectivity index (χ0v) is 18.7. The van der Waals surface area contributed by atoms with Crippen molar-refractivity contribution in [2.45, 2.75) is 71.4 Å². The van der Waals surface area contributed by atoms with Gasteiger partial charge >= 0.3 is 0 Å². The number of hydrogen-bond acceptors (Lipinski definition) is 5. The van der Waals surface area contributed by atoms with E-state index in [1.807, 2.05) is 22.7 Å². The summed E-state index contributed by atoms with van der Waals surface area (Å²) in [4.78, 5) is 10.4. The maximum Gasteiger partial charge on any atom is 0.0900 e. The second kappa shape index (κ2) is 7.58. The van der Waals surface area contributed by atoms with E-state index in [-0.39, 0.29) is 5.54 Å². The summed E-state index contributed by atoms with van der Waals surface area (Å²) >= 11 is 3.76. The van der Waals surface area contributed by atoms with Crippen molar-refractivity contribution in [2.24, 2.45) is 5.41 Å². The lowest BCUT2D eigenvalue weighted by molar-refractivity contribution is -0.00802. The van der Waals surface area contributed by atoms with Gasteiger partial charge in [0.25, 0.3) is 0 Å². The normalized spacial score (nSPS) is 26.9. The Balaban J connectivity index is 1.56. The van der Waals surface area contributed by atoms with Crippen LogP contribution in [0.15, 0.2) is 17.5 Å². The Morgan fingerprint density at radius 3 is 2.85 bits per heavy atom. The lowest BCUT2D eigenvalue weighted by Crippen LogP contribution is -2.44. The molecule has 0 aromatic carbocycles. The van der Waals surface area contributed by atoms with Gasteiger partial charge in [-0.1, -0.05) is 6.07 Å². The van der Waals surface area contributed by atoms with Gasteiger partial charge in [-0.3, -0.25) is 4.90 Å². The van der Waals surface area contributed by atoms with Crippen molar-refractivity contribution in [1.29, 1.82) is 0 Å². The molecule has 2 fully saturated rings. The van der Waals surface area contributed by atoms with Gasteiger partial charge in [0.05, 0.1) is 22.3 Å². The summed E-state index contributed by atoms with van der Waals surface area (Å²) in [6.45, 7) is 12.3. The molecule has 4 heterocycles. The third-order valence-electron chi connectivity index (χ3n) is 6.70. The first-order valence-corrected chi connectivity index (χ1v) is 11.9. The molecule has 2 unspecified atom stereocenters. The maximum absolute atomic E-state index is 6.27. The summed E-state index contributed by atoms with van der Waals surface area (Å²) in [5.41, 5.74) is 1.54. The molecule has 0 amide bonds. The van der Waals surface area contributed by atoms with Crippen molar-refractivity contribution < 1.29 is 4.74 Å². The maximum atomic E-state index is 6.27. The predicted molar refractivity (Wildman–Crippen MR) is 115 cm³/mol. The molecule has 0 N–H and O–H groups in total. The van der Waals surface area contributed by atoms with Crippen LogP contribution in [0, 0.1) is 19.3 Å². The zero-order valence-electron chi connectivity index (χ0n) is 17.1. The molecule has 2 aliphatic heterocycles. The number of aryl methyl sites for hydroxylation is 3. The van der Waals surface area contributed by atoms with Crippen LogP contribution in [-0.2, 0) is 16.7 Å². The van der Waals surface area contributed by atoms with Gasteiger partial charge in [-0.05, 0) is 77.8 Å². The van der Waals surface area contributed by atoms with Crippen molar-refractivity contribution in [3.8, 4) is 0 Å². The van der Waals surface area contributed by atoms with Crippen molar-refractivity contribution >= 4 is 22.7 Å². The molecule has 3 nitrogen and oxygen atoms in total. The molecule has 0 saturated carbocycles. The number of likely N-dealkylation sites (tertiary alicyclic amines) is 1. The smallest absolute Gasteiger partial charge is 0.0900 e. The molecule has 2 aromatic heterocycles. The topological polar surface area (TPSA) is 25.4 Å². The fraction of sp³-hybridized carbons (Fsp3) is 0.682. The van der Waals surface area contributed by atoms with E-state index in [9.17, 15) is 0 Å². The molecule has 5 heteroatoms. The lowest BCUT2D eigenvalue weighted by atomic mass is 9.75. The quantitative estimate of drug-likeness (QED) is 0.630. The first-order chi connectivity index (χ1) is 12.9. The van der Waals surface area contributed by atoms with Crippen LogP contribution < -0.4 is 0 Å². The molecule has 2 aromatic rings. The zero-order chi connectivity index (χ0) is 19.1.